The minimum Gasteiger partial charge on any atom is -0.505 e. The van der Waals surface area contributed by atoms with Crippen LogP contribution in [0, 0.1) is 0 Å². The molecule has 12 heteroatoms. The molecular weight excluding hydrogens is 741 g/mol. The first-order valence-electron chi connectivity index (χ1n) is 19.9. The van der Waals surface area contributed by atoms with Crippen LogP contribution in [-0.4, -0.2) is 64.6 Å². The van der Waals surface area contributed by atoms with Crippen molar-refractivity contribution in [3.8, 4) is 22.3 Å². The number of carboxylic acids is 2. The highest BCUT2D eigenvalue weighted by Gasteiger charge is 2.51. The second-order valence-corrected chi connectivity index (χ2v) is 15.6. The van der Waals surface area contributed by atoms with E-state index in [0.717, 1.165) is 60.8 Å². The number of benzene rings is 2. The molecule has 2 aliphatic heterocycles. The number of aliphatic hydroxyl groups excluding tert-OH is 2. The lowest BCUT2D eigenvalue weighted by atomic mass is 9.72. The first-order chi connectivity index (χ1) is 27.9. The summed E-state index contributed by atoms with van der Waals surface area (Å²) in [6, 6.07) is 22.9. The number of rotatable bonds is 10. The van der Waals surface area contributed by atoms with Crippen molar-refractivity contribution in [1.82, 2.24) is 9.13 Å². The van der Waals surface area contributed by atoms with Crippen LogP contribution in [0.2, 0.25) is 0 Å². The van der Waals surface area contributed by atoms with Gasteiger partial charge in [0, 0.05) is 36.4 Å². The van der Waals surface area contributed by atoms with Crippen LogP contribution in [0.4, 0.5) is 0 Å². The zero-order valence-electron chi connectivity index (χ0n) is 32.1. The number of aliphatic hydroxyl groups is 2. The lowest BCUT2D eigenvalue weighted by molar-refractivity contribution is -0.139. The van der Waals surface area contributed by atoms with E-state index < -0.39 is 34.6 Å². The minimum absolute atomic E-state index is 0.238. The molecule has 8 rings (SSSR count). The number of Topliss-reactive ketones (excluding diaryl/α,β-unsaturated/α-hetero) is 4. The average molecular weight is 787 g/mol. The molecule has 4 heterocycles. The van der Waals surface area contributed by atoms with Crippen LogP contribution in [0.15, 0.2) is 96.3 Å². The molecule has 0 unspecified atom stereocenters. The largest absolute Gasteiger partial charge is 0.505 e. The van der Waals surface area contributed by atoms with Crippen molar-refractivity contribution in [2.24, 2.45) is 0 Å². The summed E-state index contributed by atoms with van der Waals surface area (Å²) in [5.74, 6) is -4.87. The van der Waals surface area contributed by atoms with Crippen LogP contribution >= 0.6 is 0 Å². The lowest BCUT2D eigenvalue weighted by Gasteiger charge is -2.41. The summed E-state index contributed by atoms with van der Waals surface area (Å²) in [6.45, 7) is 0. The van der Waals surface area contributed by atoms with E-state index in [4.69, 9.17) is 10.2 Å². The Kier molecular flexibility index (Phi) is 11.2. The van der Waals surface area contributed by atoms with Gasteiger partial charge in [0.1, 0.15) is 22.2 Å². The van der Waals surface area contributed by atoms with E-state index in [1.165, 1.54) is 0 Å². The third kappa shape index (κ3) is 7.12. The predicted octanol–water partition coefficient (Wildman–Crippen LogP) is 8.20. The maximum absolute atomic E-state index is 13.5. The van der Waals surface area contributed by atoms with E-state index in [1.54, 1.807) is 6.07 Å². The van der Waals surface area contributed by atoms with Crippen LogP contribution in [0.1, 0.15) is 101 Å². The van der Waals surface area contributed by atoms with Crippen molar-refractivity contribution in [1.29, 1.82) is 0 Å². The summed E-state index contributed by atoms with van der Waals surface area (Å²) in [5.41, 5.74) is 2.12. The van der Waals surface area contributed by atoms with Gasteiger partial charge in [-0.15, -0.1) is 0 Å². The number of carboxylic acid groups (broad SMARTS) is 2. The van der Waals surface area contributed by atoms with Crippen molar-refractivity contribution in [2.75, 3.05) is 0 Å². The molecular formula is C46H46N2O10. The number of allylic oxidation sites excluding steroid dienone is 2. The molecule has 0 amide bonds. The molecule has 300 valence electrons. The van der Waals surface area contributed by atoms with Crippen molar-refractivity contribution in [2.45, 2.75) is 101 Å². The number of carbonyl (C=O) groups is 6. The van der Waals surface area contributed by atoms with Gasteiger partial charge < -0.3 is 29.6 Å². The minimum atomic E-state index is -1.11. The maximum atomic E-state index is 13.5. The molecule has 0 saturated heterocycles. The highest BCUT2D eigenvalue weighted by molar-refractivity contribution is 6.29. The van der Waals surface area contributed by atoms with E-state index in [9.17, 15) is 39.0 Å². The molecule has 58 heavy (non-hydrogen) atoms. The number of fused-ring (bicyclic) bond motifs is 4. The van der Waals surface area contributed by atoms with Gasteiger partial charge in [0.2, 0.25) is 0 Å². The van der Waals surface area contributed by atoms with Crippen molar-refractivity contribution < 1.29 is 49.2 Å². The fraction of sp³-hybridized carbons (Fsp3) is 0.348. The number of nitrogens with zero attached hydrogens (tertiary/aromatic N) is 2. The standard InChI is InChI=1S/2C23H23NO5/c25-17(9-10-18(26)27)19-21(28)20-16(15-7-3-1-4-8-15)11-14-24(20)23(22(19)29)12-5-2-6-13-23;25-18(9-10-19(26)27)20-21(28)17-13-16(15-7-3-1-4-8-15)14-24(17)23(22(20)29)11-5-2-6-12-23/h1,3-4,7-8,11,14,28H,2,5-6,9-10,12-13H2,(H,26,27);1,3-4,7-8,13-14,28H,2,5-6,9-12H2,(H,26,27). The van der Waals surface area contributed by atoms with Gasteiger partial charge in [0.05, 0.1) is 24.2 Å². The number of carbonyl (C=O) groups excluding carboxylic acids is 4. The molecule has 2 aliphatic carbocycles. The summed E-state index contributed by atoms with van der Waals surface area (Å²) < 4.78 is 3.69. The van der Waals surface area contributed by atoms with Crippen LogP contribution < -0.4 is 0 Å². The fourth-order valence-electron chi connectivity index (χ4n) is 9.23. The van der Waals surface area contributed by atoms with Crippen molar-refractivity contribution >= 4 is 46.6 Å². The SMILES string of the molecule is O=C(O)CCC(=O)C1=C(O)c2c(-c3ccccc3)ccn2C2(CCCCC2)C1=O.O=C(O)CCC(=O)C1=C(O)c2cc(-c3ccccc3)cn2C2(CCCCC2)C1=O. The quantitative estimate of drug-likeness (QED) is 0.114. The number of aliphatic carboxylic acids is 2. The normalized spacial score (nSPS) is 18.0. The molecule has 0 radical (unpaired) electrons. The topological polar surface area (TPSA) is 193 Å². The first-order valence-corrected chi connectivity index (χ1v) is 19.9. The predicted molar refractivity (Wildman–Crippen MR) is 215 cm³/mol. The Morgan fingerprint density at radius 3 is 1.52 bits per heavy atom. The van der Waals surface area contributed by atoms with Gasteiger partial charge in [-0.2, -0.15) is 0 Å². The summed E-state index contributed by atoms with van der Waals surface area (Å²) in [5, 5.41) is 39.7. The molecule has 2 saturated carbocycles. The second kappa shape index (κ2) is 16.3. The van der Waals surface area contributed by atoms with Gasteiger partial charge in [0.25, 0.3) is 0 Å². The van der Waals surface area contributed by atoms with Crippen molar-refractivity contribution in [3.05, 3.63) is 108 Å². The lowest BCUT2D eigenvalue weighted by Crippen LogP contribution is -2.48. The zero-order valence-corrected chi connectivity index (χ0v) is 32.1. The molecule has 4 aliphatic rings. The monoisotopic (exact) mass is 786 g/mol. The average Bonchev–Trinajstić information content (AvgIpc) is 3.90. The Balaban J connectivity index is 0.000000177. The zero-order chi connectivity index (χ0) is 41.2. The fourth-order valence-corrected chi connectivity index (χ4v) is 9.23. The van der Waals surface area contributed by atoms with E-state index in [1.807, 2.05) is 88.3 Å². The van der Waals surface area contributed by atoms with Crippen LogP contribution in [-0.2, 0) is 39.8 Å². The molecule has 0 bridgehead atoms. The first kappa shape index (κ1) is 39.9. The van der Waals surface area contributed by atoms with Crippen LogP contribution in [0.5, 0.6) is 0 Å². The Morgan fingerprint density at radius 2 is 1.02 bits per heavy atom. The smallest absolute Gasteiger partial charge is 0.303 e. The van der Waals surface area contributed by atoms with Gasteiger partial charge in [-0.05, 0) is 48.9 Å². The molecule has 2 aromatic carbocycles. The summed E-state index contributed by atoms with van der Waals surface area (Å²) in [6.07, 6.45) is 10.3. The maximum Gasteiger partial charge on any atom is 0.303 e. The van der Waals surface area contributed by atoms with E-state index >= 15 is 0 Å². The highest BCUT2D eigenvalue weighted by atomic mass is 16.4. The third-order valence-electron chi connectivity index (χ3n) is 12.1. The molecule has 0 atom stereocenters. The van der Waals surface area contributed by atoms with Gasteiger partial charge >= 0.3 is 11.9 Å². The van der Waals surface area contributed by atoms with Gasteiger partial charge in [-0.25, -0.2) is 0 Å². The molecule has 12 nitrogen and oxygen atoms in total. The van der Waals surface area contributed by atoms with Crippen molar-refractivity contribution in [3.63, 3.8) is 0 Å². The van der Waals surface area contributed by atoms with Crippen LogP contribution in [0.3, 0.4) is 0 Å². The van der Waals surface area contributed by atoms with E-state index in [0.29, 0.717) is 37.1 Å². The summed E-state index contributed by atoms with van der Waals surface area (Å²) in [4.78, 5) is 74.3. The molecule has 4 N–H and O–H groups in total. The number of ketones is 4. The Morgan fingerprint density at radius 1 is 0.552 bits per heavy atom. The van der Waals surface area contributed by atoms with E-state index in [2.05, 4.69) is 0 Å². The van der Waals surface area contributed by atoms with E-state index in [-0.39, 0.29) is 59.9 Å². The third-order valence-corrected chi connectivity index (χ3v) is 12.1. The molecule has 2 fully saturated rings. The summed E-state index contributed by atoms with van der Waals surface area (Å²) >= 11 is 0. The van der Waals surface area contributed by atoms with Gasteiger partial charge in [-0.3, -0.25) is 28.8 Å². The molecule has 2 spiro atoms. The van der Waals surface area contributed by atoms with Crippen LogP contribution in [0.25, 0.3) is 33.8 Å². The Labute approximate surface area is 335 Å². The Bertz CT molecular complexity index is 2330. The molecule has 2 aromatic heterocycles. The number of hydrogen-bond acceptors (Lipinski definition) is 8. The Hall–Kier alpha value is -6.30. The molecule has 4 aromatic rings. The highest BCUT2D eigenvalue weighted by Crippen LogP contribution is 2.48. The second-order valence-electron chi connectivity index (χ2n) is 15.6. The van der Waals surface area contributed by atoms with Gasteiger partial charge in [-0.1, -0.05) is 99.2 Å². The summed E-state index contributed by atoms with van der Waals surface area (Å²) in [7, 11) is 0. The van der Waals surface area contributed by atoms with Gasteiger partial charge in [0.15, 0.2) is 34.7 Å². The number of hydrogen-bond donors (Lipinski definition) is 4. The number of aromatic nitrogens is 2.